The number of rotatable bonds is 2. The second-order valence-corrected chi connectivity index (χ2v) is 4.71. The van der Waals surface area contributed by atoms with Crippen LogP contribution < -0.4 is 5.73 Å². The predicted molar refractivity (Wildman–Crippen MR) is 73.1 cm³/mol. The normalized spacial score (nSPS) is 12.8. The minimum atomic E-state index is -0.675. The number of fused-ring (bicyclic) bond motifs is 1. The lowest BCUT2D eigenvalue weighted by Gasteiger charge is -2.10. The Morgan fingerprint density at radius 1 is 1.10 bits per heavy atom. The molecule has 0 aliphatic carbocycles. The van der Waals surface area contributed by atoms with Gasteiger partial charge in [0.1, 0.15) is 11.6 Å². The summed E-state index contributed by atoms with van der Waals surface area (Å²) in [6.45, 7) is 0. The first-order valence-electron chi connectivity index (χ1n) is 6.19. The Morgan fingerprint density at radius 2 is 1.75 bits per heavy atom. The van der Waals surface area contributed by atoms with E-state index in [0.717, 1.165) is 17.0 Å². The summed E-state index contributed by atoms with van der Waals surface area (Å²) in [5.74, 6) is -1.29. The van der Waals surface area contributed by atoms with Gasteiger partial charge in [-0.15, -0.1) is 0 Å². The van der Waals surface area contributed by atoms with Crippen LogP contribution >= 0.6 is 0 Å². The van der Waals surface area contributed by atoms with Gasteiger partial charge in [0.05, 0.1) is 17.3 Å². The molecule has 3 rings (SSSR count). The van der Waals surface area contributed by atoms with Gasteiger partial charge >= 0.3 is 0 Å². The number of benzene rings is 2. The van der Waals surface area contributed by atoms with Crippen molar-refractivity contribution in [2.75, 3.05) is 0 Å². The summed E-state index contributed by atoms with van der Waals surface area (Å²) in [7, 11) is 1.81. The van der Waals surface area contributed by atoms with E-state index in [1.165, 1.54) is 12.1 Å². The van der Waals surface area contributed by atoms with Crippen molar-refractivity contribution in [2.45, 2.75) is 6.04 Å². The number of nitrogens with zero attached hydrogens (tertiary/aromatic N) is 2. The second-order valence-electron chi connectivity index (χ2n) is 4.71. The minimum absolute atomic E-state index is 0.367. The standard InChI is InChI=1S/C15H13F2N3/c1-20-13-5-3-2-4-12(13)15(19-20)14(18)9-6-10(16)8-11(17)7-9/h2-8,14H,18H2,1H3. The van der Waals surface area contributed by atoms with Gasteiger partial charge in [0.15, 0.2) is 0 Å². The van der Waals surface area contributed by atoms with Crippen LogP contribution in [0.15, 0.2) is 42.5 Å². The highest BCUT2D eigenvalue weighted by molar-refractivity contribution is 5.82. The predicted octanol–water partition coefficient (Wildman–Crippen LogP) is 2.90. The van der Waals surface area contributed by atoms with E-state index in [1.807, 2.05) is 31.3 Å². The van der Waals surface area contributed by atoms with Crippen LogP contribution in [0, 0.1) is 11.6 Å². The fraction of sp³-hybridized carbons (Fsp3) is 0.133. The minimum Gasteiger partial charge on any atom is -0.319 e. The highest BCUT2D eigenvalue weighted by atomic mass is 19.1. The molecule has 1 heterocycles. The van der Waals surface area contributed by atoms with Gasteiger partial charge in [-0.3, -0.25) is 4.68 Å². The molecule has 2 N–H and O–H groups in total. The lowest BCUT2D eigenvalue weighted by molar-refractivity contribution is 0.576. The Labute approximate surface area is 114 Å². The van der Waals surface area contributed by atoms with Gasteiger partial charge in [0.2, 0.25) is 0 Å². The molecule has 0 saturated heterocycles. The van der Waals surface area contributed by atoms with E-state index < -0.39 is 17.7 Å². The SMILES string of the molecule is Cn1nc(C(N)c2cc(F)cc(F)c2)c2ccccc21. The number of nitrogens with two attached hydrogens (primary N) is 1. The monoisotopic (exact) mass is 273 g/mol. The van der Waals surface area contributed by atoms with Crippen LogP contribution in [0.4, 0.5) is 8.78 Å². The van der Waals surface area contributed by atoms with Crippen molar-refractivity contribution < 1.29 is 8.78 Å². The summed E-state index contributed by atoms with van der Waals surface area (Å²) in [6.07, 6.45) is 0. The van der Waals surface area contributed by atoms with Crippen molar-refractivity contribution in [3.63, 3.8) is 0 Å². The number of halogens is 2. The van der Waals surface area contributed by atoms with Crippen molar-refractivity contribution in [1.29, 1.82) is 0 Å². The lowest BCUT2D eigenvalue weighted by atomic mass is 10.0. The zero-order valence-electron chi connectivity index (χ0n) is 10.8. The van der Waals surface area contributed by atoms with Crippen LogP contribution in [-0.4, -0.2) is 9.78 Å². The van der Waals surface area contributed by atoms with Crippen LogP contribution in [0.2, 0.25) is 0 Å². The first-order valence-corrected chi connectivity index (χ1v) is 6.19. The lowest BCUT2D eigenvalue weighted by Crippen LogP contribution is -2.14. The third-order valence-electron chi connectivity index (χ3n) is 3.32. The first kappa shape index (κ1) is 12.7. The molecule has 1 unspecified atom stereocenters. The van der Waals surface area contributed by atoms with Crippen LogP contribution in [0.25, 0.3) is 10.9 Å². The third kappa shape index (κ3) is 2.06. The molecule has 102 valence electrons. The molecule has 0 radical (unpaired) electrons. The Bertz CT molecular complexity index is 760. The Balaban J connectivity index is 2.15. The highest BCUT2D eigenvalue weighted by Crippen LogP contribution is 2.27. The molecule has 0 spiro atoms. The van der Waals surface area contributed by atoms with Crippen LogP contribution in [0.5, 0.6) is 0 Å². The summed E-state index contributed by atoms with van der Waals surface area (Å²) < 4.78 is 28.3. The average molecular weight is 273 g/mol. The molecular formula is C15H13F2N3. The van der Waals surface area contributed by atoms with Crippen molar-refractivity contribution >= 4 is 10.9 Å². The smallest absolute Gasteiger partial charge is 0.126 e. The highest BCUT2D eigenvalue weighted by Gasteiger charge is 2.18. The van der Waals surface area contributed by atoms with Crippen molar-refractivity contribution in [3.8, 4) is 0 Å². The van der Waals surface area contributed by atoms with Crippen molar-refractivity contribution in [2.24, 2.45) is 12.8 Å². The molecule has 1 atom stereocenters. The molecule has 1 aromatic heterocycles. The third-order valence-corrected chi connectivity index (χ3v) is 3.32. The average Bonchev–Trinajstić information content (AvgIpc) is 2.75. The molecule has 2 aromatic carbocycles. The molecule has 0 aliphatic heterocycles. The van der Waals surface area contributed by atoms with Gasteiger partial charge in [0.25, 0.3) is 0 Å². The maximum atomic E-state index is 13.3. The maximum absolute atomic E-state index is 13.3. The Hall–Kier alpha value is -2.27. The van der Waals surface area contributed by atoms with E-state index in [-0.39, 0.29) is 0 Å². The summed E-state index contributed by atoms with van der Waals surface area (Å²) >= 11 is 0. The maximum Gasteiger partial charge on any atom is 0.126 e. The fourth-order valence-corrected chi connectivity index (χ4v) is 2.38. The van der Waals surface area contributed by atoms with E-state index in [4.69, 9.17) is 5.73 Å². The molecule has 3 nitrogen and oxygen atoms in total. The van der Waals surface area contributed by atoms with Crippen LogP contribution in [-0.2, 0) is 7.05 Å². The van der Waals surface area contributed by atoms with Gasteiger partial charge in [-0.25, -0.2) is 8.78 Å². The van der Waals surface area contributed by atoms with Crippen molar-refractivity contribution in [3.05, 3.63) is 65.4 Å². The van der Waals surface area contributed by atoms with E-state index >= 15 is 0 Å². The van der Waals surface area contributed by atoms with Crippen molar-refractivity contribution in [1.82, 2.24) is 9.78 Å². The van der Waals surface area contributed by atoms with Crippen LogP contribution in [0.1, 0.15) is 17.3 Å². The topological polar surface area (TPSA) is 43.8 Å². The van der Waals surface area contributed by atoms with E-state index in [1.54, 1.807) is 4.68 Å². The van der Waals surface area contributed by atoms with E-state index in [0.29, 0.717) is 11.3 Å². The quantitative estimate of drug-likeness (QED) is 0.780. The molecule has 3 aromatic rings. The van der Waals surface area contributed by atoms with Gasteiger partial charge < -0.3 is 5.73 Å². The number of hydrogen-bond acceptors (Lipinski definition) is 2. The molecule has 20 heavy (non-hydrogen) atoms. The number of para-hydroxylation sites is 1. The molecular weight excluding hydrogens is 260 g/mol. The zero-order valence-corrected chi connectivity index (χ0v) is 10.8. The molecule has 0 aliphatic rings. The van der Waals surface area contributed by atoms with E-state index in [9.17, 15) is 8.78 Å². The van der Waals surface area contributed by atoms with Gasteiger partial charge in [-0.1, -0.05) is 18.2 Å². The second kappa shape index (κ2) is 4.68. The number of aromatic nitrogens is 2. The molecule has 5 heteroatoms. The molecule has 0 amide bonds. The summed E-state index contributed by atoms with van der Waals surface area (Å²) in [6, 6.07) is 10.2. The van der Waals surface area contributed by atoms with Crippen LogP contribution in [0.3, 0.4) is 0 Å². The fourth-order valence-electron chi connectivity index (χ4n) is 2.38. The first-order chi connectivity index (χ1) is 9.56. The van der Waals surface area contributed by atoms with Gasteiger partial charge in [-0.05, 0) is 23.8 Å². The van der Waals surface area contributed by atoms with Gasteiger partial charge in [0, 0.05) is 18.5 Å². The summed E-state index contributed by atoms with van der Waals surface area (Å²) in [5, 5.41) is 5.25. The summed E-state index contributed by atoms with van der Waals surface area (Å²) in [5.41, 5.74) is 8.02. The summed E-state index contributed by atoms with van der Waals surface area (Å²) in [4.78, 5) is 0. The molecule has 0 saturated carbocycles. The number of aryl methyl sites for hydroxylation is 1. The number of hydrogen-bond donors (Lipinski definition) is 1. The zero-order chi connectivity index (χ0) is 14.3. The van der Waals surface area contributed by atoms with E-state index in [2.05, 4.69) is 5.10 Å². The largest absolute Gasteiger partial charge is 0.319 e. The molecule has 0 bridgehead atoms. The van der Waals surface area contributed by atoms with Gasteiger partial charge in [-0.2, -0.15) is 5.10 Å². The molecule has 0 fully saturated rings. The Morgan fingerprint density at radius 3 is 2.45 bits per heavy atom. The Kier molecular flexibility index (Phi) is 2.99.